The van der Waals surface area contributed by atoms with Crippen molar-refractivity contribution < 1.29 is 9.21 Å². The number of amides is 1. The van der Waals surface area contributed by atoms with Gasteiger partial charge < -0.3 is 4.42 Å². The third kappa shape index (κ3) is 3.27. The second-order valence-electron chi connectivity index (χ2n) is 5.25. The first-order chi connectivity index (χ1) is 11.5. The van der Waals surface area contributed by atoms with Crippen molar-refractivity contribution in [3.05, 3.63) is 46.1 Å². The van der Waals surface area contributed by atoms with E-state index in [1.807, 2.05) is 13.8 Å². The molecule has 3 aromatic rings. The molecule has 0 saturated heterocycles. The quantitative estimate of drug-likeness (QED) is 0.752. The Bertz CT molecular complexity index is 888. The summed E-state index contributed by atoms with van der Waals surface area (Å²) in [6.07, 6.45) is 1.64. The minimum absolute atomic E-state index is 0.0301. The Morgan fingerprint density at radius 1 is 1.25 bits per heavy atom. The van der Waals surface area contributed by atoms with Gasteiger partial charge in [0.05, 0.1) is 10.6 Å². The number of carbonyl (C=O) groups excluding carboxylic acids is 1. The summed E-state index contributed by atoms with van der Waals surface area (Å²) in [5, 5.41) is 15.2. The molecule has 0 spiro atoms. The first kappa shape index (κ1) is 16.5. The lowest BCUT2D eigenvalue weighted by Gasteiger charge is -2.07. The second-order valence-corrected chi connectivity index (χ2v) is 6.09. The topological polar surface area (TPSA) is 85.8 Å². The Hall–Kier alpha value is -2.38. The average Bonchev–Trinajstić information content (AvgIpc) is 3.15. The maximum Gasteiger partial charge on any atom is 0.322 e. The molecule has 0 bridgehead atoms. The molecule has 0 aliphatic rings. The van der Waals surface area contributed by atoms with Crippen LogP contribution >= 0.6 is 23.2 Å². The fourth-order valence-corrected chi connectivity index (χ4v) is 2.60. The van der Waals surface area contributed by atoms with Gasteiger partial charge in [0.1, 0.15) is 5.69 Å². The Morgan fingerprint density at radius 3 is 2.75 bits per heavy atom. The van der Waals surface area contributed by atoms with E-state index in [1.54, 1.807) is 23.0 Å². The van der Waals surface area contributed by atoms with Crippen LogP contribution in [-0.2, 0) is 0 Å². The van der Waals surface area contributed by atoms with Crippen molar-refractivity contribution in [1.29, 1.82) is 0 Å². The van der Waals surface area contributed by atoms with E-state index < -0.39 is 5.91 Å². The van der Waals surface area contributed by atoms with Crippen LogP contribution in [0.5, 0.6) is 0 Å². The fourth-order valence-electron chi connectivity index (χ4n) is 2.11. The number of nitrogens with zero attached hydrogens (tertiary/aromatic N) is 4. The molecule has 0 radical (unpaired) electrons. The number of benzene rings is 1. The van der Waals surface area contributed by atoms with Crippen molar-refractivity contribution in [2.24, 2.45) is 0 Å². The van der Waals surface area contributed by atoms with Gasteiger partial charge in [0.2, 0.25) is 0 Å². The monoisotopic (exact) mass is 365 g/mol. The van der Waals surface area contributed by atoms with Gasteiger partial charge in [0, 0.05) is 17.3 Å². The summed E-state index contributed by atoms with van der Waals surface area (Å²) in [5.74, 6) is -0.206. The molecule has 124 valence electrons. The van der Waals surface area contributed by atoms with Crippen molar-refractivity contribution in [1.82, 2.24) is 20.0 Å². The number of nitrogens with one attached hydrogen (secondary N) is 1. The number of halogens is 2. The standard InChI is InChI=1S/C15H13Cl2N5O2/c1-8(2)22-12(5-6-18-22)14-20-21-15(24-14)19-13(23)10-4-3-9(16)7-11(10)17/h3-8H,1-2H3,(H,19,21,23). The molecule has 9 heteroatoms. The molecular formula is C15H13Cl2N5O2. The maximum absolute atomic E-state index is 12.2. The lowest BCUT2D eigenvalue weighted by Crippen LogP contribution is -2.12. The molecule has 2 heterocycles. The summed E-state index contributed by atoms with van der Waals surface area (Å²) in [5.41, 5.74) is 0.926. The molecule has 1 aromatic carbocycles. The lowest BCUT2D eigenvalue weighted by atomic mass is 10.2. The van der Waals surface area contributed by atoms with E-state index in [0.717, 1.165) is 0 Å². The predicted octanol–water partition coefficient (Wildman–Crippen LogP) is 4.07. The van der Waals surface area contributed by atoms with E-state index in [9.17, 15) is 4.79 Å². The summed E-state index contributed by atoms with van der Waals surface area (Å²) in [6.45, 7) is 3.97. The summed E-state index contributed by atoms with van der Waals surface area (Å²) in [4.78, 5) is 12.2. The van der Waals surface area contributed by atoms with Crippen LogP contribution in [0.1, 0.15) is 30.2 Å². The molecule has 0 atom stereocenters. The highest BCUT2D eigenvalue weighted by molar-refractivity contribution is 6.37. The molecule has 0 aliphatic heterocycles. The Balaban J connectivity index is 1.81. The van der Waals surface area contributed by atoms with Gasteiger partial charge in [-0.1, -0.05) is 28.3 Å². The molecular weight excluding hydrogens is 353 g/mol. The number of carbonyl (C=O) groups is 1. The van der Waals surface area contributed by atoms with Gasteiger partial charge in [-0.25, -0.2) is 0 Å². The predicted molar refractivity (Wildman–Crippen MR) is 90.3 cm³/mol. The molecule has 0 unspecified atom stereocenters. The summed E-state index contributed by atoms with van der Waals surface area (Å²) < 4.78 is 7.24. The highest BCUT2D eigenvalue weighted by atomic mass is 35.5. The third-order valence-electron chi connectivity index (χ3n) is 3.20. The van der Waals surface area contributed by atoms with Crippen LogP contribution in [0.15, 0.2) is 34.9 Å². The Kier molecular flexibility index (Phi) is 4.55. The van der Waals surface area contributed by atoms with Crippen LogP contribution in [0.2, 0.25) is 10.0 Å². The number of hydrogen-bond donors (Lipinski definition) is 1. The minimum atomic E-state index is -0.468. The minimum Gasteiger partial charge on any atom is -0.401 e. The van der Waals surface area contributed by atoms with E-state index >= 15 is 0 Å². The summed E-state index contributed by atoms with van der Waals surface area (Å²) >= 11 is 11.8. The van der Waals surface area contributed by atoms with Gasteiger partial charge in [0.15, 0.2) is 0 Å². The Labute approximate surface area is 147 Å². The van der Waals surface area contributed by atoms with Crippen LogP contribution in [0.3, 0.4) is 0 Å². The fraction of sp³-hybridized carbons (Fsp3) is 0.200. The first-order valence-electron chi connectivity index (χ1n) is 7.09. The molecule has 1 amide bonds. The molecule has 24 heavy (non-hydrogen) atoms. The van der Waals surface area contributed by atoms with Gasteiger partial charge in [0.25, 0.3) is 11.8 Å². The first-order valence-corrected chi connectivity index (χ1v) is 7.85. The molecule has 7 nitrogen and oxygen atoms in total. The van der Waals surface area contributed by atoms with Gasteiger partial charge in [-0.3, -0.25) is 14.8 Å². The van der Waals surface area contributed by atoms with Crippen LogP contribution < -0.4 is 5.32 Å². The smallest absolute Gasteiger partial charge is 0.322 e. The van der Waals surface area contributed by atoms with E-state index in [4.69, 9.17) is 27.6 Å². The van der Waals surface area contributed by atoms with Gasteiger partial charge in [-0.05, 0) is 38.1 Å². The third-order valence-corrected chi connectivity index (χ3v) is 3.75. The number of anilines is 1. The Morgan fingerprint density at radius 2 is 2.04 bits per heavy atom. The van der Waals surface area contributed by atoms with Crippen molar-refractivity contribution in [2.75, 3.05) is 5.32 Å². The van der Waals surface area contributed by atoms with Crippen LogP contribution in [0.25, 0.3) is 11.6 Å². The zero-order valence-electron chi connectivity index (χ0n) is 12.8. The van der Waals surface area contributed by atoms with Gasteiger partial charge in [-0.2, -0.15) is 5.10 Å². The largest absolute Gasteiger partial charge is 0.401 e. The van der Waals surface area contributed by atoms with Crippen molar-refractivity contribution in [3.63, 3.8) is 0 Å². The second kappa shape index (κ2) is 6.62. The van der Waals surface area contributed by atoms with E-state index in [2.05, 4.69) is 20.6 Å². The zero-order valence-corrected chi connectivity index (χ0v) is 14.3. The maximum atomic E-state index is 12.2. The molecule has 1 N–H and O–H groups in total. The van der Waals surface area contributed by atoms with E-state index in [-0.39, 0.29) is 28.5 Å². The molecule has 0 saturated carbocycles. The van der Waals surface area contributed by atoms with Crippen molar-refractivity contribution >= 4 is 35.1 Å². The van der Waals surface area contributed by atoms with Gasteiger partial charge >= 0.3 is 6.01 Å². The van der Waals surface area contributed by atoms with Gasteiger partial charge in [-0.15, -0.1) is 5.10 Å². The van der Waals surface area contributed by atoms with Crippen molar-refractivity contribution in [2.45, 2.75) is 19.9 Å². The number of rotatable bonds is 4. The molecule has 0 fully saturated rings. The van der Waals surface area contributed by atoms with E-state index in [0.29, 0.717) is 10.7 Å². The average molecular weight is 366 g/mol. The summed E-state index contributed by atoms with van der Waals surface area (Å²) in [6, 6.07) is 6.44. The molecule has 3 rings (SSSR count). The summed E-state index contributed by atoms with van der Waals surface area (Å²) in [7, 11) is 0. The number of hydrogen-bond acceptors (Lipinski definition) is 5. The van der Waals surface area contributed by atoms with E-state index in [1.165, 1.54) is 12.1 Å². The lowest BCUT2D eigenvalue weighted by molar-refractivity contribution is 0.102. The van der Waals surface area contributed by atoms with Crippen LogP contribution in [0.4, 0.5) is 6.01 Å². The SMILES string of the molecule is CC(C)n1nccc1-c1nnc(NC(=O)c2ccc(Cl)cc2Cl)o1. The normalized spacial score (nSPS) is 11.0. The highest BCUT2D eigenvalue weighted by Gasteiger charge is 2.18. The molecule has 0 aliphatic carbocycles. The number of aromatic nitrogens is 4. The van der Waals surface area contributed by atoms with Crippen molar-refractivity contribution in [3.8, 4) is 11.6 Å². The highest BCUT2D eigenvalue weighted by Crippen LogP contribution is 2.24. The van der Waals surface area contributed by atoms with Crippen LogP contribution in [0, 0.1) is 0 Å². The van der Waals surface area contributed by atoms with Crippen LogP contribution in [-0.4, -0.2) is 25.9 Å². The zero-order chi connectivity index (χ0) is 17.3. The molecule has 2 aromatic heterocycles.